The number of aromatic nitrogens is 5. The Morgan fingerprint density at radius 3 is 2.94 bits per heavy atom. The van der Waals surface area contributed by atoms with Crippen LogP contribution in [0.15, 0.2) is 21.7 Å². The van der Waals surface area contributed by atoms with Gasteiger partial charge in [-0.3, -0.25) is 4.79 Å². The largest absolute Gasteiger partial charge is 0.423 e. The van der Waals surface area contributed by atoms with Gasteiger partial charge in [0.05, 0.1) is 30.6 Å². The van der Waals surface area contributed by atoms with Crippen LogP contribution in [-0.4, -0.2) is 51.1 Å². The Hall–Kier alpha value is -3.51. The summed E-state index contributed by atoms with van der Waals surface area (Å²) < 4.78 is 50.0. The van der Waals surface area contributed by atoms with Crippen molar-refractivity contribution in [3.05, 3.63) is 44.9 Å². The molecule has 0 spiro atoms. The monoisotopic (exact) mass is 482 g/mol. The van der Waals surface area contributed by atoms with Crippen LogP contribution in [0.4, 0.5) is 24.0 Å². The average molecular weight is 482 g/mol. The lowest BCUT2D eigenvalue weighted by Crippen LogP contribution is -2.45. The third kappa shape index (κ3) is 5.12. The molecule has 0 aliphatic carbocycles. The zero-order valence-corrected chi connectivity index (χ0v) is 17.9. The summed E-state index contributed by atoms with van der Waals surface area (Å²) in [6, 6.07) is 1.49. The summed E-state index contributed by atoms with van der Waals surface area (Å²) in [4.78, 5) is 22.6. The van der Waals surface area contributed by atoms with E-state index in [-0.39, 0.29) is 25.0 Å². The molecule has 4 heterocycles. The predicted octanol–water partition coefficient (Wildman–Crippen LogP) is 2.12. The third-order valence-corrected chi connectivity index (χ3v) is 5.70. The van der Waals surface area contributed by atoms with E-state index in [1.54, 1.807) is 12.0 Å². The Balaban J connectivity index is 1.25. The molecule has 4 rings (SSSR count). The average Bonchev–Trinajstić information content (AvgIpc) is 3.36. The number of H-pyrrole nitrogens is 1. The highest BCUT2D eigenvalue weighted by Gasteiger charge is 2.37. The Bertz CT molecular complexity index is 1210. The van der Waals surface area contributed by atoms with Gasteiger partial charge in [-0.2, -0.15) is 28.5 Å². The Kier molecular flexibility index (Phi) is 6.29. The maximum atomic E-state index is 13.1. The number of alkyl halides is 3. The number of rotatable bonds is 8. The van der Waals surface area contributed by atoms with Gasteiger partial charge in [0.2, 0.25) is 0 Å². The van der Waals surface area contributed by atoms with Crippen molar-refractivity contribution >= 4 is 22.2 Å². The fourth-order valence-corrected chi connectivity index (χ4v) is 3.90. The molecule has 33 heavy (non-hydrogen) atoms. The van der Waals surface area contributed by atoms with E-state index in [0.717, 1.165) is 11.3 Å². The Morgan fingerprint density at radius 2 is 2.24 bits per heavy atom. The van der Waals surface area contributed by atoms with Crippen LogP contribution in [0.5, 0.6) is 0 Å². The summed E-state index contributed by atoms with van der Waals surface area (Å²) in [5.74, 6) is 0.824. The van der Waals surface area contributed by atoms with Crippen LogP contribution in [0.25, 0.3) is 0 Å². The molecule has 1 saturated heterocycles. The molecule has 0 aromatic carbocycles. The van der Waals surface area contributed by atoms with Crippen molar-refractivity contribution in [1.82, 2.24) is 25.3 Å². The fraction of sp³-hybridized carbons (Fsp3) is 0.444. The van der Waals surface area contributed by atoms with Gasteiger partial charge < -0.3 is 19.5 Å². The van der Waals surface area contributed by atoms with Gasteiger partial charge in [-0.1, -0.05) is 16.5 Å². The van der Waals surface area contributed by atoms with Crippen LogP contribution in [0.1, 0.15) is 35.0 Å². The molecule has 3 aromatic rings. The maximum absolute atomic E-state index is 13.1. The lowest BCUT2D eigenvalue weighted by Gasteiger charge is -2.37. The second-order valence-electron chi connectivity index (χ2n) is 7.31. The van der Waals surface area contributed by atoms with Gasteiger partial charge in [0.1, 0.15) is 23.1 Å². The molecule has 1 fully saturated rings. The summed E-state index contributed by atoms with van der Waals surface area (Å²) in [6.07, 6.45) is -2.39. The molecule has 0 radical (unpaired) electrons. The second-order valence-corrected chi connectivity index (χ2v) is 8.32. The van der Waals surface area contributed by atoms with Crippen LogP contribution in [-0.2, 0) is 17.5 Å². The van der Waals surface area contributed by atoms with Gasteiger partial charge in [0.25, 0.3) is 11.4 Å². The van der Waals surface area contributed by atoms with E-state index in [0.29, 0.717) is 23.8 Å². The van der Waals surface area contributed by atoms with Crippen molar-refractivity contribution in [3.63, 3.8) is 0 Å². The number of anilines is 2. The highest BCUT2D eigenvalue weighted by Crippen LogP contribution is 2.33. The van der Waals surface area contributed by atoms with E-state index in [9.17, 15) is 18.0 Å². The summed E-state index contributed by atoms with van der Waals surface area (Å²) in [5, 5.41) is 21.4. The zero-order chi connectivity index (χ0) is 23.6. The Morgan fingerprint density at radius 1 is 1.45 bits per heavy atom. The van der Waals surface area contributed by atoms with Crippen LogP contribution >= 0.6 is 11.3 Å². The first-order valence-corrected chi connectivity index (χ1v) is 10.5. The van der Waals surface area contributed by atoms with Crippen LogP contribution in [0, 0.1) is 11.3 Å². The summed E-state index contributed by atoms with van der Waals surface area (Å²) in [7, 11) is 0. The smallest absolute Gasteiger partial charge is 0.378 e. The SMILES string of the molecule is CC(COCc1nc(C2CN(c3ncc(C#N)s3)C2)no1)Nc1cn[nH]c(=O)c1C(F)(F)F. The van der Waals surface area contributed by atoms with Crippen LogP contribution in [0.2, 0.25) is 0 Å². The van der Waals surface area contributed by atoms with Crippen LogP contribution < -0.4 is 15.8 Å². The lowest BCUT2D eigenvalue weighted by atomic mass is 10.0. The zero-order valence-electron chi connectivity index (χ0n) is 17.1. The first kappa shape index (κ1) is 22.7. The standard InChI is InChI=1S/C18H17F3N8O3S/c1-9(25-12-4-24-27-16(30)14(12)18(19,20)21)7-31-8-13-26-15(28-32-13)10-5-29(6-10)17-23-3-11(2-22)33-17/h3-4,9-10H,5-8H2,1H3,(H2,25,27,30). The molecule has 0 saturated carbocycles. The van der Waals surface area contributed by atoms with Crippen molar-refractivity contribution in [1.29, 1.82) is 5.26 Å². The van der Waals surface area contributed by atoms with E-state index in [1.807, 2.05) is 4.90 Å². The number of nitrogens with zero attached hydrogens (tertiary/aromatic N) is 6. The number of halogens is 3. The fourth-order valence-electron chi connectivity index (χ4n) is 3.17. The van der Waals surface area contributed by atoms with E-state index in [2.05, 4.69) is 31.6 Å². The van der Waals surface area contributed by atoms with Gasteiger partial charge in [0, 0.05) is 19.1 Å². The minimum absolute atomic E-state index is 0.0181. The van der Waals surface area contributed by atoms with Crippen molar-refractivity contribution in [2.45, 2.75) is 31.7 Å². The predicted molar refractivity (Wildman–Crippen MR) is 109 cm³/mol. The molecule has 3 aromatic heterocycles. The Labute approximate surface area is 188 Å². The number of hydrogen-bond acceptors (Lipinski definition) is 11. The summed E-state index contributed by atoms with van der Waals surface area (Å²) in [5.41, 5.74) is -3.10. The molecular formula is C18H17F3N8O3S. The molecular weight excluding hydrogens is 465 g/mol. The molecule has 1 aliphatic heterocycles. The molecule has 11 nitrogen and oxygen atoms in total. The van der Waals surface area contributed by atoms with Gasteiger partial charge in [-0.05, 0) is 6.92 Å². The quantitative estimate of drug-likeness (QED) is 0.489. The van der Waals surface area contributed by atoms with Crippen molar-refractivity contribution in [2.75, 3.05) is 29.9 Å². The number of nitriles is 1. The normalized spacial score (nSPS) is 15.2. The van der Waals surface area contributed by atoms with Crippen LogP contribution in [0.3, 0.4) is 0 Å². The van der Waals surface area contributed by atoms with E-state index in [4.69, 9.17) is 14.5 Å². The first-order chi connectivity index (χ1) is 15.7. The molecule has 1 atom stereocenters. The number of aromatic amines is 1. The number of thiazole rings is 1. The third-order valence-electron chi connectivity index (χ3n) is 4.74. The molecule has 174 valence electrons. The van der Waals surface area contributed by atoms with E-state index in [1.165, 1.54) is 17.5 Å². The highest BCUT2D eigenvalue weighted by molar-refractivity contribution is 7.16. The van der Waals surface area contributed by atoms with Gasteiger partial charge in [-0.25, -0.2) is 10.1 Å². The molecule has 0 bridgehead atoms. The van der Waals surface area contributed by atoms with Crippen molar-refractivity contribution in [2.24, 2.45) is 0 Å². The topological polar surface area (TPSA) is 146 Å². The van der Waals surface area contributed by atoms with Crippen molar-refractivity contribution in [3.8, 4) is 6.07 Å². The first-order valence-electron chi connectivity index (χ1n) is 9.67. The number of ether oxygens (including phenoxy) is 1. The van der Waals surface area contributed by atoms with Gasteiger partial charge in [0.15, 0.2) is 11.0 Å². The maximum Gasteiger partial charge on any atom is 0.423 e. The highest BCUT2D eigenvalue weighted by atomic mass is 32.1. The molecule has 2 N–H and O–H groups in total. The van der Waals surface area contributed by atoms with Gasteiger partial charge in [-0.15, -0.1) is 0 Å². The minimum Gasteiger partial charge on any atom is -0.378 e. The van der Waals surface area contributed by atoms with E-state index < -0.39 is 29.0 Å². The number of nitrogens with one attached hydrogen (secondary N) is 2. The summed E-state index contributed by atoms with van der Waals surface area (Å²) in [6.45, 7) is 2.88. The van der Waals surface area contributed by atoms with Gasteiger partial charge >= 0.3 is 6.18 Å². The lowest BCUT2D eigenvalue weighted by molar-refractivity contribution is -0.138. The van der Waals surface area contributed by atoms with E-state index >= 15 is 0 Å². The summed E-state index contributed by atoms with van der Waals surface area (Å²) >= 11 is 1.31. The molecule has 15 heteroatoms. The van der Waals surface area contributed by atoms with Crippen molar-refractivity contribution < 1.29 is 22.4 Å². The minimum atomic E-state index is -4.83. The number of hydrogen-bond donors (Lipinski definition) is 2. The molecule has 0 amide bonds. The molecule has 1 unspecified atom stereocenters. The second kappa shape index (κ2) is 9.16. The molecule has 1 aliphatic rings.